The third-order valence-electron chi connectivity index (χ3n) is 4.71. The van der Waals surface area contributed by atoms with Gasteiger partial charge in [0.15, 0.2) is 17.5 Å². The molecule has 0 spiro atoms. The Hall–Kier alpha value is -2.49. The van der Waals surface area contributed by atoms with Crippen molar-refractivity contribution in [1.82, 2.24) is 20.0 Å². The zero-order valence-corrected chi connectivity index (χ0v) is 21.5. The number of rotatable bonds is 11. The van der Waals surface area contributed by atoms with Crippen LogP contribution in [0.3, 0.4) is 0 Å². The van der Waals surface area contributed by atoms with Crippen molar-refractivity contribution in [3.8, 4) is 11.5 Å². The molecule has 0 aliphatic rings. The molecule has 0 fully saturated rings. The van der Waals surface area contributed by atoms with E-state index in [0.717, 1.165) is 54.7 Å². The Bertz CT molecular complexity index is 956. The number of fused-ring (bicyclic) bond motifs is 1. The lowest BCUT2D eigenvalue weighted by Crippen LogP contribution is -2.38. The van der Waals surface area contributed by atoms with Gasteiger partial charge in [0.25, 0.3) is 0 Å². The minimum Gasteiger partial charge on any atom is -0.490 e. The first-order valence-corrected chi connectivity index (χ1v) is 11.1. The molecule has 3 rings (SSSR count). The molecule has 0 unspecified atom stereocenters. The third kappa shape index (κ3) is 7.58. The smallest absolute Gasteiger partial charge is 0.191 e. The van der Waals surface area contributed by atoms with Gasteiger partial charge in [-0.2, -0.15) is 0 Å². The van der Waals surface area contributed by atoms with Crippen LogP contribution in [-0.2, 0) is 12.8 Å². The Balaban J connectivity index is 0.00000363. The number of pyridine rings is 1. The second-order valence-electron chi connectivity index (χ2n) is 7.03. The zero-order valence-electron chi connectivity index (χ0n) is 19.1. The van der Waals surface area contributed by atoms with Gasteiger partial charge in [-0.15, -0.1) is 24.0 Å². The maximum atomic E-state index is 5.72. The van der Waals surface area contributed by atoms with E-state index in [1.54, 1.807) is 0 Å². The first-order valence-electron chi connectivity index (χ1n) is 11.1. The van der Waals surface area contributed by atoms with Crippen LogP contribution in [0.25, 0.3) is 5.65 Å². The van der Waals surface area contributed by atoms with E-state index in [-0.39, 0.29) is 24.0 Å². The molecule has 174 valence electrons. The topological polar surface area (TPSA) is 72.2 Å². The second-order valence-corrected chi connectivity index (χ2v) is 7.03. The number of nitrogens with one attached hydrogen (secondary N) is 2. The van der Waals surface area contributed by atoms with Crippen molar-refractivity contribution in [2.45, 2.75) is 33.6 Å². The number of guanidine groups is 1. The van der Waals surface area contributed by atoms with E-state index in [2.05, 4.69) is 40.9 Å². The fourth-order valence-electron chi connectivity index (χ4n) is 3.31. The molecule has 0 bridgehead atoms. The Morgan fingerprint density at radius 1 is 1.00 bits per heavy atom. The maximum Gasteiger partial charge on any atom is 0.191 e. The van der Waals surface area contributed by atoms with Crippen molar-refractivity contribution in [1.29, 1.82) is 0 Å². The first-order chi connectivity index (χ1) is 15.2. The van der Waals surface area contributed by atoms with Gasteiger partial charge in [-0.05, 0) is 57.0 Å². The highest BCUT2D eigenvalue weighted by Crippen LogP contribution is 2.28. The van der Waals surface area contributed by atoms with Gasteiger partial charge in [0.1, 0.15) is 5.65 Å². The van der Waals surface area contributed by atoms with Gasteiger partial charge >= 0.3 is 0 Å². The van der Waals surface area contributed by atoms with Crippen LogP contribution < -0.4 is 20.1 Å². The predicted molar refractivity (Wildman–Crippen MR) is 141 cm³/mol. The number of hydrogen-bond donors (Lipinski definition) is 2. The molecule has 2 N–H and O–H groups in total. The summed E-state index contributed by atoms with van der Waals surface area (Å²) in [6.07, 6.45) is 5.74. The number of hydrogen-bond acceptors (Lipinski definition) is 4. The molecule has 0 saturated carbocycles. The van der Waals surface area contributed by atoms with E-state index in [9.17, 15) is 0 Å². The molecule has 2 aromatic heterocycles. The van der Waals surface area contributed by atoms with Crippen LogP contribution in [0.1, 0.15) is 32.0 Å². The second kappa shape index (κ2) is 13.8. The summed E-state index contributed by atoms with van der Waals surface area (Å²) in [6.45, 7) is 9.54. The summed E-state index contributed by atoms with van der Waals surface area (Å²) in [5, 5.41) is 6.72. The minimum atomic E-state index is 0. The summed E-state index contributed by atoms with van der Waals surface area (Å²) in [7, 11) is 0. The number of aliphatic imine (C=N–C) groups is 1. The largest absolute Gasteiger partial charge is 0.490 e. The van der Waals surface area contributed by atoms with Crippen molar-refractivity contribution in [3.63, 3.8) is 0 Å². The molecule has 2 heterocycles. The van der Waals surface area contributed by atoms with Crippen molar-refractivity contribution in [2.24, 2.45) is 4.99 Å². The highest BCUT2D eigenvalue weighted by molar-refractivity contribution is 14.0. The Morgan fingerprint density at radius 2 is 1.81 bits per heavy atom. The molecule has 8 heteroatoms. The van der Waals surface area contributed by atoms with E-state index in [1.807, 2.05) is 48.7 Å². The zero-order chi connectivity index (χ0) is 21.9. The lowest BCUT2D eigenvalue weighted by molar-refractivity contribution is 0.287. The molecule has 3 aromatic rings. The highest BCUT2D eigenvalue weighted by Gasteiger charge is 2.07. The van der Waals surface area contributed by atoms with E-state index in [0.29, 0.717) is 19.8 Å². The first kappa shape index (κ1) is 25.8. The van der Waals surface area contributed by atoms with Crippen LogP contribution in [-0.4, -0.2) is 48.2 Å². The molecule has 0 amide bonds. The van der Waals surface area contributed by atoms with Gasteiger partial charge in [-0.3, -0.25) is 4.99 Å². The van der Waals surface area contributed by atoms with Crippen LogP contribution in [0, 0.1) is 0 Å². The summed E-state index contributed by atoms with van der Waals surface area (Å²) in [6, 6.07) is 12.1. The molecule has 7 nitrogen and oxygen atoms in total. The summed E-state index contributed by atoms with van der Waals surface area (Å²) < 4.78 is 13.4. The van der Waals surface area contributed by atoms with Crippen molar-refractivity contribution in [3.05, 3.63) is 60.0 Å². The van der Waals surface area contributed by atoms with E-state index < -0.39 is 0 Å². The predicted octanol–water partition coefficient (Wildman–Crippen LogP) is 4.09. The van der Waals surface area contributed by atoms with Crippen LogP contribution >= 0.6 is 24.0 Å². The van der Waals surface area contributed by atoms with E-state index in [4.69, 9.17) is 14.5 Å². The lowest BCUT2D eigenvalue weighted by Gasteiger charge is -2.14. The highest BCUT2D eigenvalue weighted by atomic mass is 127. The SMILES string of the molecule is CCNC(=NCCc1cn2ccccc2n1)NCCc1ccc(OCC)c(OCC)c1.I. The molecular formula is C24H34IN5O2. The number of nitrogens with zero attached hydrogens (tertiary/aromatic N) is 3. The van der Waals surface area contributed by atoms with E-state index >= 15 is 0 Å². The van der Waals surface area contributed by atoms with Gasteiger partial charge in [-0.1, -0.05) is 12.1 Å². The standard InChI is InChI=1S/C24H33N5O2.HI/c1-4-25-24(27-15-13-20-18-29-16-8-7-9-23(29)28-20)26-14-12-19-10-11-21(30-5-2)22(17-19)31-6-3;/h7-11,16-18H,4-6,12-15H2,1-3H3,(H2,25,26,27);1H. The molecular weight excluding hydrogens is 517 g/mol. The fraction of sp³-hybridized carbons (Fsp3) is 0.417. The molecule has 32 heavy (non-hydrogen) atoms. The Labute approximate surface area is 207 Å². The number of imidazole rings is 1. The van der Waals surface area contributed by atoms with Gasteiger partial charge in [0, 0.05) is 38.4 Å². The van der Waals surface area contributed by atoms with Crippen molar-refractivity contribution >= 4 is 35.6 Å². The fourth-order valence-corrected chi connectivity index (χ4v) is 3.31. The average molecular weight is 551 g/mol. The lowest BCUT2D eigenvalue weighted by atomic mass is 10.1. The summed E-state index contributed by atoms with van der Waals surface area (Å²) in [4.78, 5) is 9.33. The number of aromatic nitrogens is 2. The molecule has 1 aromatic carbocycles. The molecule has 0 saturated heterocycles. The van der Waals surface area contributed by atoms with Gasteiger partial charge < -0.3 is 24.5 Å². The van der Waals surface area contributed by atoms with Gasteiger partial charge in [0.05, 0.1) is 18.9 Å². The number of ether oxygens (including phenoxy) is 2. The van der Waals surface area contributed by atoms with Crippen molar-refractivity contribution in [2.75, 3.05) is 32.8 Å². The minimum absolute atomic E-state index is 0. The molecule has 0 aliphatic heterocycles. The van der Waals surface area contributed by atoms with Crippen LogP contribution in [0.15, 0.2) is 53.8 Å². The monoisotopic (exact) mass is 551 g/mol. The maximum absolute atomic E-state index is 5.72. The number of benzene rings is 1. The Morgan fingerprint density at radius 3 is 2.56 bits per heavy atom. The number of halogens is 1. The van der Waals surface area contributed by atoms with Crippen LogP contribution in [0.2, 0.25) is 0 Å². The molecule has 0 atom stereocenters. The van der Waals surface area contributed by atoms with E-state index in [1.165, 1.54) is 5.56 Å². The summed E-state index contributed by atoms with van der Waals surface area (Å²) in [5.74, 6) is 2.42. The summed E-state index contributed by atoms with van der Waals surface area (Å²) in [5.41, 5.74) is 3.21. The molecule has 0 aliphatic carbocycles. The molecule has 0 radical (unpaired) electrons. The normalized spacial score (nSPS) is 11.2. The van der Waals surface area contributed by atoms with Crippen LogP contribution in [0.4, 0.5) is 0 Å². The van der Waals surface area contributed by atoms with Crippen molar-refractivity contribution < 1.29 is 9.47 Å². The summed E-state index contributed by atoms with van der Waals surface area (Å²) >= 11 is 0. The van der Waals surface area contributed by atoms with Crippen LogP contribution in [0.5, 0.6) is 11.5 Å². The Kier molecular flexibility index (Phi) is 11.1. The third-order valence-corrected chi connectivity index (χ3v) is 4.71. The average Bonchev–Trinajstić information content (AvgIpc) is 3.18. The quantitative estimate of drug-likeness (QED) is 0.214. The van der Waals surface area contributed by atoms with Gasteiger partial charge in [0.2, 0.25) is 0 Å². The van der Waals surface area contributed by atoms with Gasteiger partial charge in [-0.25, -0.2) is 4.98 Å².